The highest BCUT2D eigenvalue weighted by molar-refractivity contribution is 5.73. The topological polar surface area (TPSA) is 76.2 Å². The number of aromatic nitrogens is 2. The number of primary amides is 1. The van der Waals surface area contributed by atoms with Gasteiger partial charge in [-0.1, -0.05) is 6.92 Å². The SMILES string of the molecule is CCN1CCC(Nc2cnn(CC(N)=O)c2)CC1. The number of piperidine rings is 1. The van der Waals surface area contributed by atoms with Gasteiger partial charge in [0.2, 0.25) is 5.91 Å². The first-order chi connectivity index (χ1) is 8.67. The van der Waals surface area contributed by atoms with E-state index in [1.165, 1.54) is 0 Å². The lowest BCUT2D eigenvalue weighted by molar-refractivity contribution is -0.118. The Hall–Kier alpha value is -1.56. The Bertz CT molecular complexity index is 395. The maximum atomic E-state index is 10.8. The molecule has 1 aliphatic rings. The van der Waals surface area contributed by atoms with Gasteiger partial charge in [-0.15, -0.1) is 0 Å². The average molecular weight is 251 g/mol. The Morgan fingerprint density at radius 1 is 1.56 bits per heavy atom. The highest BCUT2D eigenvalue weighted by Crippen LogP contribution is 2.15. The minimum Gasteiger partial charge on any atom is -0.380 e. The van der Waals surface area contributed by atoms with E-state index in [0.29, 0.717) is 6.04 Å². The van der Waals surface area contributed by atoms with Crippen LogP contribution in [0.5, 0.6) is 0 Å². The van der Waals surface area contributed by atoms with Crippen LogP contribution in [0.4, 0.5) is 5.69 Å². The van der Waals surface area contributed by atoms with Crippen LogP contribution >= 0.6 is 0 Å². The van der Waals surface area contributed by atoms with Gasteiger partial charge in [0, 0.05) is 25.3 Å². The molecule has 1 amide bonds. The highest BCUT2D eigenvalue weighted by atomic mass is 16.1. The van der Waals surface area contributed by atoms with Gasteiger partial charge in [0.05, 0.1) is 11.9 Å². The molecule has 1 aromatic heterocycles. The van der Waals surface area contributed by atoms with E-state index in [4.69, 9.17) is 5.73 Å². The quantitative estimate of drug-likeness (QED) is 0.787. The lowest BCUT2D eigenvalue weighted by Gasteiger charge is -2.31. The lowest BCUT2D eigenvalue weighted by atomic mass is 10.1. The fraction of sp³-hybridized carbons (Fsp3) is 0.667. The Morgan fingerprint density at radius 3 is 2.89 bits per heavy atom. The Morgan fingerprint density at radius 2 is 2.28 bits per heavy atom. The van der Waals surface area contributed by atoms with Crippen molar-refractivity contribution in [2.45, 2.75) is 32.4 Å². The number of carbonyl (C=O) groups is 1. The van der Waals surface area contributed by atoms with Crippen molar-refractivity contribution >= 4 is 11.6 Å². The molecule has 2 heterocycles. The molecule has 18 heavy (non-hydrogen) atoms. The van der Waals surface area contributed by atoms with Gasteiger partial charge in [0.25, 0.3) is 0 Å². The summed E-state index contributed by atoms with van der Waals surface area (Å²) in [5, 5.41) is 7.55. The van der Waals surface area contributed by atoms with Crippen molar-refractivity contribution in [1.82, 2.24) is 14.7 Å². The van der Waals surface area contributed by atoms with Crippen LogP contribution in [0.2, 0.25) is 0 Å². The van der Waals surface area contributed by atoms with Crippen LogP contribution in [-0.2, 0) is 11.3 Å². The van der Waals surface area contributed by atoms with E-state index in [-0.39, 0.29) is 12.5 Å². The molecule has 1 fully saturated rings. The maximum Gasteiger partial charge on any atom is 0.239 e. The average Bonchev–Trinajstić information content (AvgIpc) is 2.76. The second-order valence-corrected chi connectivity index (χ2v) is 4.75. The third kappa shape index (κ3) is 3.46. The number of anilines is 1. The van der Waals surface area contributed by atoms with Crippen LogP contribution in [0.15, 0.2) is 12.4 Å². The van der Waals surface area contributed by atoms with Crippen LogP contribution in [0.3, 0.4) is 0 Å². The number of likely N-dealkylation sites (tertiary alicyclic amines) is 1. The van der Waals surface area contributed by atoms with Gasteiger partial charge < -0.3 is 16.0 Å². The third-order valence-electron chi connectivity index (χ3n) is 3.36. The number of nitrogens with one attached hydrogen (secondary N) is 1. The molecule has 100 valence electrons. The summed E-state index contributed by atoms with van der Waals surface area (Å²) in [6.07, 6.45) is 5.87. The fourth-order valence-electron chi connectivity index (χ4n) is 2.31. The van der Waals surface area contributed by atoms with Crippen molar-refractivity contribution in [3.63, 3.8) is 0 Å². The van der Waals surface area contributed by atoms with Gasteiger partial charge >= 0.3 is 0 Å². The molecule has 0 saturated carbocycles. The summed E-state index contributed by atoms with van der Waals surface area (Å²) in [5.74, 6) is -0.374. The zero-order valence-corrected chi connectivity index (χ0v) is 10.8. The van der Waals surface area contributed by atoms with Crippen molar-refractivity contribution in [2.24, 2.45) is 5.73 Å². The summed E-state index contributed by atoms with van der Waals surface area (Å²) in [4.78, 5) is 13.2. The van der Waals surface area contributed by atoms with Crippen LogP contribution in [0.1, 0.15) is 19.8 Å². The predicted molar refractivity (Wildman–Crippen MR) is 70.2 cm³/mol. The smallest absolute Gasteiger partial charge is 0.239 e. The number of nitrogens with two attached hydrogens (primary N) is 1. The molecular formula is C12H21N5O. The maximum absolute atomic E-state index is 10.8. The zero-order valence-electron chi connectivity index (χ0n) is 10.8. The molecule has 1 aliphatic heterocycles. The van der Waals surface area contributed by atoms with Gasteiger partial charge in [-0.05, 0) is 19.4 Å². The minimum absolute atomic E-state index is 0.135. The molecule has 0 bridgehead atoms. The standard InChI is InChI=1S/C12H21N5O/c1-2-16-5-3-10(4-6-16)15-11-7-14-17(8-11)9-12(13)18/h7-8,10,15H,2-6,9H2,1H3,(H2,13,18). The van der Waals surface area contributed by atoms with E-state index < -0.39 is 0 Å². The molecule has 0 unspecified atom stereocenters. The molecule has 0 aliphatic carbocycles. The number of hydrogen-bond acceptors (Lipinski definition) is 4. The third-order valence-corrected chi connectivity index (χ3v) is 3.36. The Kier molecular flexibility index (Phi) is 4.19. The van der Waals surface area contributed by atoms with Gasteiger partial charge in [-0.25, -0.2) is 0 Å². The van der Waals surface area contributed by atoms with Crippen LogP contribution in [0.25, 0.3) is 0 Å². The lowest BCUT2D eigenvalue weighted by Crippen LogP contribution is -2.38. The number of nitrogens with zero attached hydrogens (tertiary/aromatic N) is 3. The molecule has 0 atom stereocenters. The molecule has 6 heteroatoms. The number of rotatable bonds is 5. The predicted octanol–water partition coefficient (Wildman–Crippen LogP) is 0.265. The summed E-state index contributed by atoms with van der Waals surface area (Å²) in [7, 11) is 0. The van der Waals surface area contributed by atoms with Crippen molar-refractivity contribution in [2.75, 3.05) is 25.0 Å². The largest absolute Gasteiger partial charge is 0.380 e. The first-order valence-electron chi connectivity index (χ1n) is 6.47. The van der Waals surface area contributed by atoms with Gasteiger partial charge in [-0.3, -0.25) is 9.48 Å². The van der Waals surface area contributed by atoms with Crippen LogP contribution in [-0.4, -0.2) is 46.3 Å². The van der Waals surface area contributed by atoms with Gasteiger partial charge in [0.15, 0.2) is 0 Å². The molecule has 0 radical (unpaired) electrons. The van der Waals surface area contributed by atoms with Crippen molar-refractivity contribution in [1.29, 1.82) is 0 Å². The van der Waals surface area contributed by atoms with Gasteiger partial charge in [-0.2, -0.15) is 5.10 Å². The number of hydrogen-bond donors (Lipinski definition) is 2. The summed E-state index contributed by atoms with van der Waals surface area (Å²) in [5.41, 5.74) is 6.09. The van der Waals surface area contributed by atoms with E-state index in [2.05, 4.69) is 22.2 Å². The van der Waals surface area contributed by atoms with Crippen LogP contribution in [0, 0.1) is 0 Å². The summed E-state index contributed by atoms with van der Waals surface area (Å²) in [6, 6.07) is 0.499. The van der Waals surface area contributed by atoms with E-state index in [0.717, 1.165) is 38.2 Å². The molecule has 1 aromatic rings. The van der Waals surface area contributed by atoms with Crippen molar-refractivity contribution in [3.8, 4) is 0 Å². The molecule has 6 nitrogen and oxygen atoms in total. The van der Waals surface area contributed by atoms with Crippen LogP contribution < -0.4 is 11.1 Å². The van der Waals surface area contributed by atoms with E-state index in [1.807, 2.05) is 6.20 Å². The zero-order chi connectivity index (χ0) is 13.0. The Labute approximate surface area is 107 Å². The van der Waals surface area contributed by atoms with E-state index >= 15 is 0 Å². The number of amides is 1. The molecule has 0 spiro atoms. The molecule has 1 saturated heterocycles. The van der Waals surface area contributed by atoms with Crippen molar-refractivity contribution in [3.05, 3.63) is 12.4 Å². The number of carbonyl (C=O) groups excluding carboxylic acids is 1. The first kappa shape index (κ1) is 12.9. The Balaban J connectivity index is 1.83. The fourth-order valence-corrected chi connectivity index (χ4v) is 2.31. The van der Waals surface area contributed by atoms with E-state index in [1.54, 1.807) is 10.9 Å². The summed E-state index contributed by atoms with van der Waals surface area (Å²) in [6.45, 7) is 5.74. The molecular weight excluding hydrogens is 230 g/mol. The first-order valence-corrected chi connectivity index (χ1v) is 6.47. The summed E-state index contributed by atoms with van der Waals surface area (Å²) >= 11 is 0. The monoisotopic (exact) mass is 251 g/mol. The molecule has 2 rings (SSSR count). The minimum atomic E-state index is -0.374. The molecule has 0 aromatic carbocycles. The normalized spacial score (nSPS) is 17.8. The van der Waals surface area contributed by atoms with E-state index in [9.17, 15) is 4.79 Å². The second-order valence-electron chi connectivity index (χ2n) is 4.75. The molecule has 3 N–H and O–H groups in total. The highest BCUT2D eigenvalue weighted by Gasteiger charge is 2.18. The second kappa shape index (κ2) is 5.86. The summed E-state index contributed by atoms with van der Waals surface area (Å²) < 4.78 is 1.56. The van der Waals surface area contributed by atoms with Crippen molar-refractivity contribution < 1.29 is 4.79 Å². The van der Waals surface area contributed by atoms with Gasteiger partial charge in [0.1, 0.15) is 6.54 Å².